The Morgan fingerprint density at radius 2 is 2.15 bits per heavy atom. The second kappa shape index (κ2) is 7.47. The Balaban J connectivity index is 1.70. The first-order valence-corrected chi connectivity index (χ1v) is 10.6. The van der Waals surface area contributed by atoms with E-state index in [1.54, 1.807) is 6.92 Å². The highest BCUT2D eigenvalue weighted by Gasteiger charge is 2.51. The quantitative estimate of drug-likeness (QED) is 0.726. The number of rotatable bonds is 3. The van der Waals surface area contributed by atoms with Gasteiger partial charge in [0.25, 0.3) is 0 Å². The van der Waals surface area contributed by atoms with Gasteiger partial charge >= 0.3 is 0 Å². The minimum atomic E-state index is 0.189. The van der Waals surface area contributed by atoms with Crippen molar-refractivity contribution in [3.8, 4) is 0 Å². The van der Waals surface area contributed by atoms with Gasteiger partial charge in [-0.05, 0) is 69.5 Å². The molecule has 0 aromatic heterocycles. The van der Waals surface area contributed by atoms with E-state index in [0.717, 1.165) is 37.8 Å². The summed E-state index contributed by atoms with van der Waals surface area (Å²) < 4.78 is 0. The van der Waals surface area contributed by atoms with Crippen LogP contribution < -0.4 is 0 Å². The minimum Gasteiger partial charge on any atom is -0.319 e. The lowest BCUT2D eigenvalue weighted by Crippen LogP contribution is -2.66. The van der Waals surface area contributed by atoms with Crippen molar-refractivity contribution in [2.75, 3.05) is 26.7 Å². The van der Waals surface area contributed by atoms with Crippen molar-refractivity contribution < 1.29 is 4.79 Å². The average Bonchev–Trinajstić information content (AvgIpc) is 2.65. The molecule has 0 aromatic rings. The Kier molecular flexibility index (Phi) is 5.24. The normalized spacial score (nSPS) is 38.5. The first-order chi connectivity index (χ1) is 12.6. The number of nitrogens with zero attached hydrogens (tertiary/aromatic N) is 3. The van der Waals surface area contributed by atoms with Gasteiger partial charge in [-0.25, -0.2) is 0 Å². The van der Waals surface area contributed by atoms with Gasteiger partial charge in [0.15, 0.2) is 0 Å². The predicted octanol–water partition coefficient (Wildman–Crippen LogP) is 3.26. The summed E-state index contributed by atoms with van der Waals surface area (Å²) in [4.78, 5) is 19.4. The molecule has 4 heteroatoms. The standard InChI is InChI=1S/C22H35N3O/c1-4-8-21-19-13-18(14-23(21)3)20-10-5-6-12-25(20)22(19)17-9-7-11-24(15-17)16(2)26/h4,15,18-22H,1,5-14H2,2-3H3/t18-,19-,20?,21?,22-/m1/s1. The summed E-state index contributed by atoms with van der Waals surface area (Å²) in [6.45, 7) is 9.11. The molecule has 4 aliphatic heterocycles. The fourth-order valence-corrected chi connectivity index (χ4v) is 6.38. The van der Waals surface area contributed by atoms with E-state index < -0.39 is 0 Å². The van der Waals surface area contributed by atoms with Crippen LogP contribution in [0.15, 0.2) is 24.4 Å². The van der Waals surface area contributed by atoms with Crippen LogP contribution in [0, 0.1) is 11.8 Å². The van der Waals surface area contributed by atoms with Crippen molar-refractivity contribution in [2.45, 2.75) is 70.0 Å². The van der Waals surface area contributed by atoms with E-state index >= 15 is 0 Å². The molecule has 4 rings (SSSR count). The largest absolute Gasteiger partial charge is 0.319 e. The van der Waals surface area contributed by atoms with Gasteiger partial charge in [0.1, 0.15) is 0 Å². The van der Waals surface area contributed by atoms with E-state index in [4.69, 9.17) is 0 Å². The Morgan fingerprint density at radius 1 is 1.31 bits per heavy atom. The van der Waals surface area contributed by atoms with Crippen molar-refractivity contribution in [3.63, 3.8) is 0 Å². The maximum absolute atomic E-state index is 12.0. The third kappa shape index (κ3) is 3.16. The monoisotopic (exact) mass is 357 g/mol. The number of hydrogen-bond donors (Lipinski definition) is 0. The van der Waals surface area contributed by atoms with Crippen LogP contribution in [0.4, 0.5) is 0 Å². The summed E-state index contributed by atoms with van der Waals surface area (Å²) in [5, 5.41) is 0. The summed E-state index contributed by atoms with van der Waals surface area (Å²) in [7, 11) is 2.32. The molecule has 144 valence electrons. The molecule has 0 saturated carbocycles. The summed E-state index contributed by atoms with van der Waals surface area (Å²) in [6, 6.07) is 1.85. The maximum atomic E-state index is 12.0. The molecule has 4 nitrogen and oxygen atoms in total. The summed E-state index contributed by atoms with van der Waals surface area (Å²) in [5.41, 5.74) is 1.52. The van der Waals surface area contributed by atoms with Crippen LogP contribution in [-0.4, -0.2) is 65.4 Å². The lowest BCUT2D eigenvalue weighted by molar-refractivity contribution is -0.126. The highest BCUT2D eigenvalue weighted by atomic mass is 16.2. The van der Waals surface area contributed by atoms with Crippen LogP contribution >= 0.6 is 0 Å². The lowest BCUT2D eigenvalue weighted by atomic mass is 9.66. The molecule has 3 fully saturated rings. The average molecular weight is 358 g/mol. The van der Waals surface area contributed by atoms with E-state index in [1.165, 1.54) is 44.3 Å². The van der Waals surface area contributed by atoms with Crippen LogP contribution in [0.1, 0.15) is 51.9 Å². The second-order valence-electron chi connectivity index (χ2n) is 8.96. The molecular formula is C22H35N3O. The first kappa shape index (κ1) is 18.2. The van der Waals surface area contributed by atoms with Gasteiger partial charge in [-0.1, -0.05) is 12.5 Å². The zero-order valence-corrected chi connectivity index (χ0v) is 16.6. The number of hydrogen-bond acceptors (Lipinski definition) is 3. The van der Waals surface area contributed by atoms with Gasteiger partial charge in [0.2, 0.25) is 5.91 Å². The Bertz CT molecular complexity index is 586. The number of carbonyl (C=O) groups is 1. The smallest absolute Gasteiger partial charge is 0.223 e. The van der Waals surface area contributed by atoms with Gasteiger partial charge < -0.3 is 9.80 Å². The van der Waals surface area contributed by atoms with E-state index in [2.05, 4.69) is 35.7 Å². The number of piperidine rings is 3. The highest BCUT2D eigenvalue weighted by Crippen LogP contribution is 2.47. The van der Waals surface area contributed by atoms with Crippen molar-refractivity contribution >= 4 is 5.91 Å². The molecule has 26 heavy (non-hydrogen) atoms. The zero-order valence-electron chi connectivity index (χ0n) is 16.6. The molecule has 0 radical (unpaired) electrons. The van der Waals surface area contributed by atoms with Crippen LogP contribution in [0.25, 0.3) is 0 Å². The number of fused-ring (bicyclic) bond motifs is 4. The molecule has 0 spiro atoms. The molecule has 0 aliphatic carbocycles. The molecular weight excluding hydrogens is 322 g/mol. The summed E-state index contributed by atoms with van der Waals surface area (Å²) in [6.07, 6.45) is 13.1. The fourth-order valence-electron chi connectivity index (χ4n) is 6.38. The molecule has 1 amide bonds. The molecule has 4 aliphatic rings. The predicted molar refractivity (Wildman–Crippen MR) is 106 cm³/mol. The molecule has 0 aromatic carbocycles. The van der Waals surface area contributed by atoms with E-state index in [9.17, 15) is 4.79 Å². The van der Waals surface area contributed by atoms with Crippen molar-refractivity contribution in [2.24, 2.45) is 11.8 Å². The fraction of sp³-hybridized carbons (Fsp3) is 0.773. The Morgan fingerprint density at radius 3 is 2.92 bits per heavy atom. The molecule has 2 unspecified atom stereocenters. The van der Waals surface area contributed by atoms with Crippen molar-refractivity contribution in [1.29, 1.82) is 0 Å². The van der Waals surface area contributed by atoms with Crippen LogP contribution in [0.5, 0.6) is 0 Å². The third-order valence-corrected chi connectivity index (χ3v) is 7.44. The molecule has 0 N–H and O–H groups in total. The maximum Gasteiger partial charge on any atom is 0.223 e. The van der Waals surface area contributed by atoms with Crippen LogP contribution in [0.2, 0.25) is 0 Å². The second-order valence-corrected chi connectivity index (χ2v) is 8.96. The number of likely N-dealkylation sites (tertiary alicyclic amines) is 1. The molecule has 4 heterocycles. The Labute approximate surface area is 158 Å². The number of carbonyl (C=O) groups excluding carboxylic acids is 1. The van der Waals surface area contributed by atoms with E-state index in [0.29, 0.717) is 18.0 Å². The van der Waals surface area contributed by atoms with Gasteiger partial charge in [-0.2, -0.15) is 0 Å². The Hall–Kier alpha value is -1.13. The van der Waals surface area contributed by atoms with Crippen molar-refractivity contribution in [1.82, 2.24) is 14.7 Å². The third-order valence-electron chi connectivity index (χ3n) is 7.44. The van der Waals surface area contributed by atoms with E-state index in [-0.39, 0.29) is 5.91 Å². The number of amides is 1. The zero-order chi connectivity index (χ0) is 18.3. The molecule has 5 atom stereocenters. The summed E-state index contributed by atoms with van der Waals surface area (Å²) >= 11 is 0. The lowest BCUT2D eigenvalue weighted by Gasteiger charge is -2.60. The van der Waals surface area contributed by atoms with Crippen molar-refractivity contribution in [3.05, 3.63) is 24.4 Å². The topological polar surface area (TPSA) is 26.8 Å². The van der Waals surface area contributed by atoms with Gasteiger partial charge in [-0.15, -0.1) is 6.58 Å². The van der Waals surface area contributed by atoms with Crippen LogP contribution in [-0.2, 0) is 4.79 Å². The van der Waals surface area contributed by atoms with Gasteiger partial charge in [0, 0.05) is 44.3 Å². The SMILES string of the molecule is C=CCC1[C@H]2C[C@H](CN1C)C1CCCCN1[C@@H]2C1=CN(C(C)=O)CCC1. The van der Waals surface area contributed by atoms with Crippen LogP contribution in [0.3, 0.4) is 0 Å². The van der Waals surface area contributed by atoms with Gasteiger partial charge in [-0.3, -0.25) is 9.69 Å². The molecule has 3 saturated heterocycles. The summed E-state index contributed by atoms with van der Waals surface area (Å²) in [5.74, 6) is 1.68. The highest BCUT2D eigenvalue weighted by molar-refractivity contribution is 5.74. The van der Waals surface area contributed by atoms with Gasteiger partial charge in [0.05, 0.1) is 0 Å². The first-order valence-electron chi connectivity index (χ1n) is 10.6. The molecule has 2 bridgehead atoms. The minimum absolute atomic E-state index is 0.189. The van der Waals surface area contributed by atoms with E-state index in [1.807, 2.05) is 4.90 Å².